The van der Waals surface area contributed by atoms with Crippen molar-refractivity contribution in [3.63, 3.8) is 0 Å². The lowest BCUT2D eigenvalue weighted by Gasteiger charge is -2.26. The summed E-state index contributed by atoms with van der Waals surface area (Å²) in [4.78, 5) is 0. The van der Waals surface area contributed by atoms with Gasteiger partial charge in [0.05, 0.1) is 0 Å². The Balaban J connectivity index is 2.22. The van der Waals surface area contributed by atoms with E-state index in [0.717, 1.165) is 6.54 Å². The van der Waals surface area contributed by atoms with Crippen LogP contribution in [0.25, 0.3) is 0 Å². The average molecular weight is 243 g/mol. The predicted octanol–water partition coefficient (Wildman–Crippen LogP) is 4.05. The van der Waals surface area contributed by atoms with Crippen LogP contribution < -0.4 is 5.32 Å². The van der Waals surface area contributed by atoms with Crippen LogP contribution in [0.4, 0.5) is 0 Å². The second-order valence-electron chi connectivity index (χ2n) is 5.70. The van der Waals surface area contributed by atoms with Crippen LogP contribution in [0, 0.1) is 0 Å². The number of allylic oxidation sites excluding steroid dienone is 1. The van der Waals surface area contributed by atoms with Gasteiger partial charge in [0.15, 0.2) is 0 Å². The fraction of sp³-hybridized carbons (Fsp3) is 0.529. The number of nitrogens with one attached hydrogen (secondary N) is 1. The molecule has 0 radical (unpaired) electrons. The molecular weight excluding hydrogens is 218 g/mol. The highest BCUT2D eigenvalue weighted by atomic mass is 14.9. The molecule has 0 heterocycles. The normalized spacial score (nSPS) is 18.2. The molecule has 1 aliphatic rings. The number of hydrogen-bond acceptors (Lipinski definition) is 1. The predicted molar refractivity (Wildman–Crippen MR) is 78.9 cm³/mol. The molecule has 0 aliphatic heterocycles. The standard InChI is InChI=1S/C17H25N/c1-4-12-18-16(13-14(2)3)17(10-11-17)15-8-6-5-7-9-15/h5-9,13,16,18H,4,10-12H2,1-3H3. The van der Waals surface area contributed by atoms with Gasteiger partial charge in [0.25, 0.3) is 0 Å². The largest absolute Gasteiger partial charge is 0.310 e. The topological polar surface area (TPSA) is 12.0 Å². The lowest BCUT2D eigenvalue weighted by atomic mass is 9.87. The Hall–Kier alpha value is -1.08. The Morgan fingerprint density at radius 2 is 1.94 bits per heavy atom. The van der Waals surface area contributed by atoms with E-state index in [1.54, 1.807) is 0 Å². The first-order valence-electron chi connectivity index (χ1n) is 7.13. The lowest BCUT2D eigenvalue weighted by Crippen LogP contribution is -2.39. The molecule has 1 fully saturated rings. The van der Waals surface area contributed by atoms with Gasteiger partial charge in [-0.05, 0) is 45.2 Å². The molecule has 0 aromatic heterocycles. The van der Waals surface area contributed by atoms with E-state index >= 15 is 0 Å². The van der Waals surface area contributed by atoms with Gasteiger partial charge in [-0.15, -0.1) is 0 Å². The molecule has 0 saturated heterocycles. The minimum atomic E-state index is 0.355. The fourth-order valence-electron chi connectivity index (χ4n) is 2.73. The highest BCUT2D eigenvalue weighted by molar-refractivity contribution is 5.36. The van der Waals surface area contributed by atoms with Crippen LogP contribution in [0.2, 0.25) is 0 Å². The Morgan fingerprint density at radius 3 is 2.44 bits per heavy atom. The van der Waals surface area contributed by atoms with Crippen LogP contribution in [-0.2, 0) is 5.41 Å². The van der Waals surface area contributed by atoms with Gasteiger partial charge in [-0.1, -0.05) is 48.9 Å². The zero-order valence-corrected chi connectivity index (χ0v) is 11.9. The van der Waals surface area contributed by atoms with Crippen LogP contribution in [-0.4, -0.2) is 12.6 Å². The van der Waals surface area contributed by atoms with Gasteiger partial charge in [-0.25, -0.2) is 0 Å². The van der Waals surface area contributed by atoms with E-state index in [-0.39, 0.29) is 0 Å². The van der Waals surface area contributed by atoms with E-state index in [0.29, 0.717) is 11.5 Å². The van der Waals surface area contributed by atoms with Gasteiger partial charge in [0, 0.05) is 11.5 Å². The Kier molecular flexibility index (Phi) is 4.23. The zero-order valence-electron chi connectivity index (χ0n) is 11.9. The van der Waals surface area contributed by atoms with Crippen molar-refractivity contribution in [1.82, 2.24) is 5.32 Å². The van der Waals surface area contributed by atoms with Crippen LogP contribution in [0.15, 0.2) is 42.0 Å². The average Bonchev–Trinajstić information content (AvgIpc) is 3.16. The van der Waals surface area contributed by atoms with E-state index in [9.17, 15) is 0 Å². The molecule has 2 rings (SSSR count). The second-order valence-corrected chi connectivity index (χ2v) is 5.70. The van der Waals surface area contributed by atoms with Crippen molar-refractivity contribution in [1.29, 1.82) is 0 Å². The third kappa shape index (κ3) is 2.84. The minimum absolute atomic E-state index is 0.355. The van der Waals surface area contributed by atoms with Crippen molar-refractivity contribution < 1.29 is 0 Å². The summed E-state index contributed by atoms with van der Waals surface area (Å²) >= 11 is 0. The molecule has 1 N–H and O–H groups in total. The second kappa shape index (κ2) is 5.71. The summed E-state index contributed by atoms with van der Waals surface area (Å²) in [5.41, 5.74) is 3.26. The van der Waals surface area contributed by atoms with Crippen LogP contribution >= 0.6 is 0 Å². The smallest absolute Gasteiger partial charge is 0.0349 e. The van der Waals surface area contributed by atoms with E-state index in [1.165, 1.54) is 30.4 Å². The molecule has 0 amide bonds. The van der Waals surface area contributed by atoms with E-state index in [1.807, 2.05) is 0 Å². The van der Waals surface area contributed by atoms with Gasteiger partial charge < -0.3 is 5.32 Å². The van der Waals surface area contributed by atoms with Crippen molar-refractivity contribution in [3.8, 4) is 0 Å². The summed E-state index contributed by atoms with van der Waals surface area (Å²) in [6.45, 7) is 7.72. The number of hydrogen-bond donors (Lipinski definition) is 1. The first-order chi connectivity index (χ1) is 8.69. The van der Waals surface area contributed by atoms with Gasteiger partial charge >= 0.3 is 0 Å². The summed E-state index contributed by atoms with van der Waals surface area (Å²) in [7, 11) is 0. The maximum atomic E-state index is 3.73. The molecule has 0 bridgehead atoms. The summed E-state index contributed by atoms with van der Waals surface area (Å²) in [5.74, 6) is 0. The van der Waals surface area contributed by atoms with Crippen LogP contribution in [0.5, 0.6) is 0 Å². The molecule has 1 aromatic rings. The van der Waals surface area contributed by atoms with Crippen molar-refractivity contribution in [2.45, 2.75) is 51.5 Å². The van der Waals surface area contributed by atoms with E-state index < -0.39 is 0 Å². The highest BCUT2D eigenvalue weighted by Gasteiger charge is 2.49. The van der Waals surface area contributed by atoms with Gasteiger partial charge in [0.1, 0.15) is 0 Å². The molecule has 0 spiro atoms. The Labute approximate surface area is 111 Å². The molecule has 1 saturated carbocycles. The highest BCUT2D eigenvalue weighted by Crippen LogP contribution is 2.51. The summed E-state index contributed by atoms with van der Waals surface area (Å²) in [6.07, 6.45) is 6.22. The molecule has 98 valence electrons. The first kappa shape index (κ1) is 13.4. The Morgan fingerprint density at radius 1 is 1.28 bits per heavy atom. The molecule has 1 unspecified atom stereocenters. The molecule has 1 aliphatic carbocycles. The SMILES string of the molecule is CCCNC(C=C(C)C)C1(c2ccccc2)CC1. The maximum absolute atomic E-state index is 3.73. The summed E-state index contributed by atoms with van der Waals surface area (Å²) in [6, 6.07) is 11.5. The quantitative estimate of drug-likeness (QED) is 0.743. The van der Waals surface area contributed by atoms with E-state index in [4.69, 9.17) is 0 Å². The lowest BCUT2D eigenvalue weighted by molar-refractivity contribution is 0.481. The minimum Gasteiger partial charge on any atom is -0.310 e. The van der Waals surface area contributed by atoms with Crippen LogP contribution in [0.1, 0.15) is 45.6 Å². The molecule has 1 atom stereocenters. The van der Waals surface area contributed by atoms with Gasteiger partial charge in [0.2, 0.25) is 0 Å². The summed E-state index contributed by atoms with van der Waals surface area (Å²) in [5, 5.41) is 3.73. The molecule has 1 aromatic carbocycles. The summed E-state index contributed by atoms with van der Waals surface area (Å²) < 4.78 is 0. The first-order valence-corrected chi connectivity index (χ1v) is 7.13. The molecular formula is C17H25N. The van der Waals surface area contributed by atoms with Gasteiger partial charge in [-0.3, -0.25) is 0 Å². The van der Waals surface area contributed by atoms with Crippen molar-refractivity contribution in [2.75, 3.05) is 6.54 Å². The monoisotopic (exact) mass is 243 g/mol. The van der Waals surface area contributed by atoms with Gasteiger partial charge in [-0.2, -0.15) is 0 Å². The molecule has 1 nitrogen and oxygen atoms in total. The molecule has 1 heteroatoms. The number of benzene rings is 1. The fourth-order valence-corrected chi connectivity index (χ4v) is 2.73. The van der Waals surface area contributed by atoms with Crippen molar-refractivity contribution in [2.24, 2.45) is 0 Å². The molecule has 18 heavy (non-hydrogen) atoms. The maximum Gasteiger partial charge on any atom is 0.0349 e. The van der Waals surface area contributed by atoms with Crippen molar-refractivity contribution in [3.05, 3.63) is 47.5 Å². The van der Waals surface area contributed by atoms with E-state index in [2.05, 4.69) is 62.5 Å². The Bertz CT molecular complexity index is 397. The number of rotatable bonds is 6. The zero-order chi connectivity index (χ0) is 13.0. The van der Waals surface area contributed by atoms with Crippen molar-refractivity contribution >= 4 is 0 Å². The third-order valence-electron chi connectivity index (χ3n) is 3.85. The third-order valence-corrected chi connectivity index (χ3v) is 3.85. The van der Waals surface area contributed by atoms with Crippen LogP contribution in [0.3, 0.4) is 0 Å².